The molecule has 0 bridgehead atoms. The van der Waals surface area contributed by atoms with Crippen LogP contribution in [-0.4, -0.2) is 16.1 Å². The van der Waals surface area contributed by atoms with Crippen LogP contribution < -0.4 is 4.74 Å². The number of benzene rings is 1. The van der Waals surface area contributed by atoms with Gasteiger partial charge in [-0.05, 0) is 25.1 Å². The van der Waals surface area contributed by atoms with Gasteiger partial charge in [0.15, 0.2) is 5.69 Å². The highest BCUT2D eigenvalue weighted by atomic mass is 16.5. The van der Waals surface area contributed by atoms with E-state index in [1.165, 1.54) is 12.3 Å². The predicted molar refractivity (Wildman–Crippen MR) is 62.4 cm³/mol. The summed E-state index contributed by atoms with van der Waals surface area (Å²) in [4.78, 5) is 14.4. The van der Waals surface area contributed by atoms with Crippen molar-refractivity contribution in [3.63, 3.8) is 0 Å². The van der Waals surface area contributed by atoms with Crippen molar-refractivity contribution in [1.82, 2.24) is 4.98 Å². The fourth-order valence-corrected chi connectivity index (χ4v) is 1.33. The third-order valence-corrected chi connectivity index (χ3v) is 2.21. The molecule has 2 rings (SSSR count). The minimum Gasteiger partial charge on any atom is -0.477 e. The van der Waals surface area contributed by atoms with Gasteiger partial charge in [-0.3, -0.25) is 0 Å². The number of hydrogen-bond donors (Lipinski definition) is 1. The van der Waals surface area contributed by atoms with E-state index in [-0.39, 0.29) is 5.69 Å². The van der Waals surface area contributed by atoms with E-state index in [9.17, 15) is 4.79 Å². The van der Waals surface area contributed by atoms with E-state index in [1.807, 2.05) is 31.2 Å². The van der Waals surface area contributed by atoms with Gasteiger partial charge >= 0.3 is 5.97 Å². The van der Waals surface area contributed by atoms with E-state index in [0.29, 0.717) is 11.5 Å². The Balaban J connectivity index is 2.21. The second kappa shape index (κ2) is 4.65. The van der Waals surface area contributed by atoms with Crippen molar-refractivity contribution in [2.24, 2.45) is 0 Å². The van der Waals surface area contributed by atoms with Crippen LogP contribution in [0.2, 0.25) is 0 Å². The third-order valence-electron chi connectivity index (χ3n) is 2.21. The number of aryl methyl sites for hydroxylation is 1. The zero-order valence-corrected chi connectivity index (χ0v) is 9.25. The lowest BCUT2D eigenvalue weighted by Crippen LogP contribution is -1.99. The molecule has 1 aromatic heterocycles. The van der Waals surface area contributed by atoms with Crippen molar-refractivity contribution in [1.29, 1.82) is 0 Å². The number of pyridine rings is 1. The Morgan fingerprint density at radius 3 is 2.53 bits per heavy atom. The molecule has 0 saturated heterocycles. The Kier molecular flexibility index (Phi) is 3.05. The number of aromatic nitrogens is 1. The van der Waals surface area contributed by atoms with Gasteiger partial charge in [-0.1, -0.05) is 17.7 Å². The Morgan fingerprint density at radius 2 is 1.88 bits per heavy atom. The fourth-order valence-electron chi connectivity index (χ4n) is 1.33. The number of aromatic carboxylic acids is 1. The summed E-state index contributed by atoms with van der Waals surface area (Å²) < 4.78 is 5.52. The normalized spacial score (nSPS) is 9.94. The van der Waals surface area contributed by atoms with Crippen LogP contribution in [0.3, 0.4) is 0 Å². The van der Waals surface area contributed by atoms with E-state index in [1.54, 1.807) is 6.07 Å². The zero-order valence-electron chi connectivity index (χ0n) is 9.25. The molecule has 4 nitrogen and oxygen atoms in total. The van der Waals surface area contributed by atoms with Gasteiger partial charge in [-0.15, -0.1) is 0 Å². The molecule has 1 aromatic carbocycles. The number of carboxylic acids is 1. The van der Waals surface area contributed by atoms with E-state index in [2.05, 4.69) is 4.98 Å². The Labute approximate surface area is 98.5 Å². The summed E-state index contributed by atoms with van der Waals surface area (Å²) in [5, 5.41) is 8.79. The van der Waals surface area contributed by atoms with Crippen LogP contribution in [0.15, 0.2) is 42.6 Å². The Hall–Kier alpha value is -2.36. The van der Waals surface area contributed by atoms with Crippen LogP contribution in [0.4, 0.5) is 0 Å². The second-order valence-corrected chi connectivity index (χ2v) is 3.60. The average molecular weight is 229 g/mol. The second-order valence-electron chi connectivity index (χ2n) is 3.60. The molecular weight excluding hydrogens is 218 g/mol. The summed E-state index contributed by atoms with van der Waals surface area (Å²) in [5.41, 5.74) is 1.10. The molecule has 0 aliphatic heterocycles. The fraction of sp³-hybridized carbons (Fsp3) is 0.0769. The summed E-state index contributed by atoms with van der Waals surface area (Å²) >= 11 is 0. The largest absolute Gasteiger partial charge is 0.477 e. The molecule has 1 N–H and O–H groups in total. The number of hydrogen-bond acceptors (Lipinski definition) is 3. The molecule has 86 valence electrons. The molecule has 0 radical (unpaired) electrons. The number of nitrogens with zero attached hydrogens (tertiary/aromatic N) is 1. The van der Waals surface area contributed by atoms with Crippen molar-refractivity contribution in [3.05, 3.63) is 53.9 Å². The summed E-state index contributed by atoms with van der Waals surface area (Å²) in [6, 6.07) is 10.5. The van der Waals surface area contributed by atoms with Gasteiger partial charge in [0, 0.05) is 12.3 Å². The molecule has 17 heavy (non-hydrogen) atoms. The van der Waals surface area contributed by atoms with Crippen LogP contribution in [0.5, 0.6) is 11.5 Å². The lowest BCUT2D eigenvalue weighted by molar-refractivity contribution is 0.0690. The highest BCUT2D eigenvalue weighted by Gasteiger charge is 2.06. The van der Waals surface area contributed by atoms with Gasteiger partial charge in [0.25, 0.3) is 0 Å². The number of carbonyl (C=O) groups is 1. The monoisotopic (exact) mass is 229 g/mol. The van der Waals surface area contributed by atoms with Crippen molar-refractivity contribution < 1.29 is 14.6 Å². The van der Waals surface area contributed by atoms with Gasteiger partial charge in [-0.25, -0.2) is 9.78 Å². The van der Waals surface area contributed by atoms with Gasteiger partial charge in [0.05, 0.1) is 0 Å². The molecule has 2 aromatic rings. The smallest absolute Gasteiger partial charge is 0.354 e. The maximum absolute atomic E-state index is 10.7. The van der Waals surface area contributed by atoms with Gasteiger partial charge in [-0.2, -0.15) is 0 Å². The summed E-state index contributed by atoms with van der Waals surface area (Å²) in [6.45, 7) is 1.98. The highest BCUT2D eigenvalue weighted by Crippen LogP contribution is 2.21. The van der Waals surface area contributed by atoms with Crippen LogP contribution in [0.25, 0.3) is 0 Å². The first-order valence-corrected chi connectivity index (χ1v) is 5.09. The maximum atomic E-state index is 10.7. The minimum absolute atomic E-state index is 0.0328. The van der Waals surface area contributed by atoms with Crippen LogP contribution in [0.1, 0.15) is 16.1 Å². The first-order chi connectivity index (χ1) is 8.15. The Morgan fingerprint density at radius 1 is 1.18 bits per heavy atom. The topological polar surface area (TPSA) is 59.4 Å². The number of ether oxygens (including phenoxy) is 1. The lowest BCUT2D eigenvalue weighted by atomic mass is 10.2. The summed E-state index contributed by atoms with van der Waals surface area (Å²) in [5.74, 6) is 0.0544. The molecule has 4 heteroatoms. The van der Waals surface area contributed by atoms with E-state index in [4.69, 9.17) is 9.84 Å². The average Bonchev–Trinajstić information content (AvgIpc) is 2.32. The first-order valence-electron chi connectivity index (χ1n) is 5.09. The lowest BCUT2D eigenvalue weighted by Gasteiger charge is -2.05. The van der Waals surface area contributed by atoms with Crippen molar-refractivity contribution in [2.45, 2.75) is 6.92 Å². The molecule has 0 aliphatic rings. The van der Waals surface area contributed by atoms with Crippen molar-refractivity contribution in [3.8, 4) is 11.5 Å². The molecule has 0 unspecified atom stereocenters. The summed E-state index contributed by atoms with van der Waals surface area (Å²) in [7, 11) is 0. The first kappa shape index (κ1) is 11.1. The Bertz CT molecular complexity index is 535. The molecule has 1 heterocycles. The van der Waals surface area contributed by atoms with Gasteiger partial charge in [0.1, 0.15) is 11.5 Å². The van der Waals surface area contributed by atoms with Crippen LogP contribution >= 0.6 is 0 Å². The number of carboxylic acid groups (broad SMARTS) is 1. The standard InChI is InChI=1S/C13H11NO3/c1-9-2-4-10(5-3-9)17-11-6-7-14-12(8-11)13(15)16/h2-8H,1H3,(H,15,16). The molecule has 0 spiro atoms. The van der Waals surface area contributed by atoms with E-state index < -0.39 is 5.97 Å². The zero-order chi connectivity index (χ0) is 12.3. The summed E-state index contributed by atoms with van der Waals surface area (Å²) in [6.07, 6.45) is 1.41. The molecule has 0 saturated carbocycles. The third kappa shape index (κ3) is 2.81. The highest BCUT2D eigenvalue weighted by molar-refractivity contribution is 5.85. The van der Waals surface area contributed by atoms with E-state index in [0.717, 1.165) is 5.56 Å². The molecule has 0 aliphatic carbocycles. The molecule has 0 amide bonds. The van der Waals surface area contributed by atoms with E-state index >= 15 is 0 Å². The van der Waals surface area contributed by atoms with Gasteiger partial charge in [0.2, 0.25) is 0 Å². The molecular formula is C13H11NO3. The number of rotatable bonds is 3. The minimum atomic E-state index is -1.07. The maximum Gasteiger partial charge on any atom is 0.354 e. The SMILES string of the molecule is Cc1ccc(Oc2ccnc(C(=O)O)c2)cc1. The predicted octanol–water partition coefficient (Wildman–Crippen LogP) is 2.88. The van der Waals surface area contributed by atoms with Crippen molar-refractivity contribution in [2.75, 3.05) is 0 Å². The van der Waals surface area contributed by atoms with Crippen LogP contribution in [-0.2, 0) is 0 Å². The van der Waals surface area contributed by atoms with Crippen molar-refractivity contribution >= 4 is 5.97 Å². The molecule has 0 atom stereocenters. The quantitative estimate of drug-likeness (QED) is 0.879. The van der Waals surface area contributed by atoms with Crippen LogP contribution in [0, 0.1) is 6.92 Å². The molecule has 0 fully saturated rings. The van der Waals surface area contributed by atoms with Gasteiger partial charge < -0.3 is 9.84 Å².